The number of benzene rings is 1. The first-order valence-corrected chi connectivity index (χ1v) is 6.71. The van der Waals surface area contributed by atoms with Crippen LogP contribution < -0.4 is 10.6 Å². The highest BCUT2D eigenvalue weighted by atomic mass is 16.2. The van der Waals surface area contributed by atoms with Crippen molar-refractivity contribution in [1.82, 2.24) is 4.98 Å². The zero-order valence-electron chi connectivity index (χ0n) is 11.9. The Labute approximate surface area is 123 Å². The molecule has 1 unspecified atom stereocenters. The first-order chi connectivity index (χ1) is 10.1. The molecule has 1 aliphatic heterocycles. The molecule has 106 valence electrons. The highest BCUT2D eigenvalue weighted by Gasteiger charge is 2.27. The van der Waals surface area contributed by atoms with Gasteiger partial charge in [-0.25, -0.2) is 0 Å². The SMILES string of the molecule is Cc1ccnc(C2=NC(N)C(=O)N(C)c3ccccc32)c1. The lowest BCUT2D eigenvalue weighted by Crippen LogP contribution is -2.39. The van der Waals surface area contributed by atoms with Gasteiger partial charge in [-0.1, -0.05) is 18.2 Å². The van der Waals surface area contributed by atoms with Crippen LogP contribution in [0.3, 0.4) is 0 Å². The molecule has 21 heavy (non-hydrogen) atoms. The number of carbonyl (C=O) groups excluding carboxylic acids is 1. The molecule has 0 radical (unpaired) electrons. The Hall–Kier alpha value is -2.53. The van der Waals surface area contributed by atoms with Crippen molar-refractivity contribution in [3.63, 3.8) is 0 Å². The molecule has 0 bridgehead atoms. The Balaban J connectivity index is 2.25. The maximum Gasteiger partial charge on any atom is 0.266 e. The molecule has 3 rings (SSSR count). The second-order valence-electron chi connectivity index (χ2n) is 5.06. The third kappa shape index (κ3) is 2.32. The Morgan fingerprint density at radius 1 is 1.24 bits per heavy atom. The van der Waals surface area contributed by atoms with Crippen molar-refractivity contribution in [2.45, 2.75) is 13.1 Å². The first-order valence-electron chi connectivity index (χ1n) is 6.71. The number of rotatable bonds is 1. The molecule has 1 amide bonds. The van der Waals surface area contributed by atoms with Gasteiger partial charge in [0, 0.05) is 18.8 Å². The molecule has 0 saturated heterocycles. The lowest BCUT2D eigenvalue weighted by Gasteiger charge is -2.18. The Morgan fingerprint density at radius 2 is 2.00 bits per heavy atom. The fourth-order valence-corrected chi connectivity index (χ4v) is 2.42. The third-order valence-electron chi connectivity index (χ3n) is 3.53. The minimum Gasteiger partial charge on any atom is -0.312 e. The van der Waals surface area contributed by atoms with Crippen LogP contribution in [0.15, 0.2) is 47.6 Å². The van der Waals surface area contributed by atoms with Crippen LogP contribution in [0, 0.1) is 6.92 Å². The van der Waals surface area contributed by atoms with Crippen LogP contribution in [0.25, 0.3) is 0 Å². The summed E-state index contributed by atoms with van der Waals surface area (Å²) in [6.07, 6.45) is 0.817. The van der Waals surface area contributed by atoms with Crippen LogP contribution >= 0.6 is 0 Å². The van der Waals surface area contributed by atoms with Crippen molar-refractivity contribution in [3.8, 4) is 0 Å². The molecule has 5 nitrogen and oxygen atoms in total. The van der Waals surface area contributed by atoms with Crippen LogP contribution in [-0.4, -0.2) is 29.8 Å². The molecular weight excluding hydrogens is 264 g/mol. The van der Waals surface area contributed by atoms with E-state index in [9.17, 15) is 4.79 Å². The summed E-state index contributed by atoms with van der Waals surface area (Å²) >= 11 is 0. The standard InChI is InChI=1S/C16H16N4O/c1-10-7-8-18-12(9-10)14-11-5-3-4-6-13(11)20(2)16(21)15(17)19-14/h3-9,15H,17H2,1-2H3. The molecule has 0 saturated carbocycles. The number of aromatic nitrogens is 1. The van der Waals surface area contributed by atoms with E-state index in [4.69, 9.17) is 5.73 Å². The second kappa shape index (κ2) is 5.10. The zero-order chi connectivity index (χ0) is 15.0. The molecule has 5 heteroatoms. The lowest BCUT2D eigenvalue weighted by atomic mass is 10.0. The number of carbonyl (C=O) groups is 1. The normalized spacial score (nSPS) is 18.0. The monoisotopic (exact) mass is 280 g/mol. The van der Waals surface area contributed by atoms with Gasteiger partial charge in [0.05, 0.1) is 17.1 Å². The second-order valence-corrected chi connectivity index (χ2v) is 5.06. The molecule has 1 aliphatic rings. The van der Waals surface area contributed by atoms with Crippen molar-refractivity contribution in [3.05, 3.63) is 59.4 Å². The number of para-hydroxylation sites is 1. The van der Waals surface area contributed by atoms with Gasteiger partial charge in [0.15, 0.2) is 6.17 Å². The van der Waals surface area contributed by atoms with Crippen molar-refractivity contribution < 1.29 is 4.79 Å². The number of pyridine rings is 1. The van der Waals surface area contributed by atoms with E-state index < -0.39 is 6.17 Å². The smallest absolute Gasteiger partial charge is 0.266 e. The number of benzodiazepines with no additional fused rings is 1. The molecular formula is C16H16N4O. The predicted molar refractivity (Wildman–Crippen MR) is 82.4 cm³/mol. The Kier molecular flexibility index (Phi) is 3.27. The number of hydrogen-bond donors (Lipinski definition) is 1. The number of aryl methyl sites for hydroxylation is 1. The topological polar surface area (TPSA) is 71.6 Å². The number of fused-ring (bicyclic) bond motifs is 1. The molecule has 2 aromatic rings. The summed E-state index contributed by atoms with van der Waals surface area (Å²) in [6.45, 7) is 1.99. The molecule has 1 aromatic heterocycles. The predicted octanol–water partition coefficient (Wildman–Crippen LogP) is 1.49. The minimum absolute atomic E-state index is 0.231. The number of anilines is 1. The van der Waals surface area contributed by atoms with Crippen molar-refractivity contribution >= 4 is 17.3 Å². The molecule has 0 aliphatic carbocycles. The average molecular weight is 280 g/mol. The number of aliphatic imine (C=N–C) groups is 1. The zero-order valence-corrected chi connectivity index (χ0v) is 11.9. The van der Waals surface area contributed by atoms with Gasteiger partial charge in [0.2, 0.25) is 0 Å². The van der Waals surface area contributed by atoms with Gasteiger partial charge in [-0.2, -0.15) is 0 Å². The van der Waals surface area contributed by atoms with Gasteiger partial charge >= 0.3 is 0 Å². The van der Waals surface area contributed by atoms with Crippen molar-refractivity contribution in [2.24, 2.45) is 10.7 Å². The molecule has 0 spiro atoms. The van der Waals surface area contributed by atoms with Crippen LogP contribution in [0.5, 0.6) is 0 Å². The van der Waals surface area contributed by atoms with E-state index in [1.165, 1.54) is 0 Å². The summed E-state index contributed by atoms with van der Waals surface area (Å²) in [5, 5.41) is 0. The highest BCUT2D eigenvalue weighted by molar-refractivity contribution is 6.19. The molecule has 2 N–H and O–H groups in total. The maximum absolute atomic E-state index is 12.2. The summed E-state index contributed by atoms with van der Waals surface area (Å²) in [5.74, 6) is -0.231. The third-order valence-corrected chi connectivity index (χ3v) is 3.53. The summed E-state index contributed by atoms with van der Waals surface area (Å²) < 4.78 is 0. The van der Waals surface area contributed by atoms with Gasteiger partial charge in [-0.3, -0.25) is 14.8 Å². The Morgan fingerprint density at radius 3 is 2.76 bits per heavy atom. The van der Waals surface area contributed by atoms with E-state index in [0.717, 1.165) is 22.5 Å². The van der Waals surface area contributed by atoms with E-state index in [1.54, 1.807) is 18.1 Å². The molecule has 1 aromatic carbocycles. The Bertz CT molecular complexity index is 739. The molecule has 1 atom stereocenters. The number of hydrogen-bond acceptors (Lipinski definition) is 4. The van der Waals surface area contributed by atoms with E-state index >= 15 is 0 Å². The molecule has 0 fully saturated rings. The van der Waals surface area contributed by atoms with Crippen molar-refractivity contribution in [2.75, 3.05) is 11.9 Å². The van der Waals surface area contributed by atoms with Crippen LogP contribution in [0.1, 0.15) is 16.8 Å². The van der Waals surface area contributed by atoms with Gasteiger partial charge < -0.3 is 10.6 Å². The van der Waals surface area contributed by atoms with Crippen molar-refractivity contribution in [1.29, 1.82) is 0 Å². The van der Waals surface area contributed by atoms with E-state index in [1.807, 2.05) is 43.3 Å². The maximum atomic E-state index is 12.2. The van der Waals surface area contributed by atoms with Gasteiger partial charge in [0.25, 0.3) is 5.91 Å². The lowest BCUT2D eigenvalue weighted by molar-refractivity contribution is -0.119. The van der Waals surface area contributed by atoms with Crippen LogP contribution in [0.2, 0.25) is 0 Å². The van der Waals surface area contributed by atoms with Crippen LogP contribution in [0.4, 0.5) is 5.69 Å². The van der Waals surface area contributed by atoms with Gasteiger partial charge in [-0.05, 0) is 30.7 Å². The number of likely N-dealkylation sites (N-methyl/N-ethyl adjacent to an activating group) is 1. The van der Waals surface area contributed by atoms with Gasteiger partial charge in [-0.15, -0.1) is 0 Å². The fourth-order valence-electron chi connectivity index (χ4n) is 2.42. The van der Waals surface area contributed by atoms with E-state index in [-0.39, 0.29) is 5.91 Å². The number of nitrogens with two attached hydrogens (primary N) is 1. The molecule has 2 heterocycles. The summed E-state index contributed by atoms with van der Waals surface area (Å²) in [5.41, 5.74) is 10.0. The fraction of sp³-hybridized carbons (Fsp3) is 0.188. The van der Waals surface area contributed by atoms with Crippen LogP contribution in [-0.2, 0) is 4.79 Å². The summed E-state index contributed by atoms with van der Waals surface area (Å²) in [4.78, 5) is 22.5. The summed E-state index contributed by atoms with van der Waals surface area (Å²) in [6, 6.07) is 11.5. The van der Waals surface area contributed by atoms with E-state index in [0.29, 0.717) is 5.71 Å². The first kappa shape index (κ1) is 13.5. The largest absolute Gasteiger partial charge is 0.312 e. The average Bonchev–Trinajstić information content (AvgIpc) is 2.59. The number of nitrogens with zero attached hydrogens (tertiary/aromatic N) is 3. The number of amides is 1. The quantitative estimate of drug-likeness (QED) is 0.860. The highest BCUT2D eigenvalue weighted by Crippen LogP contribution is 2.26. The minimum atomic E-state index is -0.917. The van der Waals surface area contributed by atoms with E-state index in [2.05, 4.69) is 9.98 Å². The van der Waals surface area contributed by atoms with Gasteiger partial charge in [0.1, 0.15) is 0 Å². The summed E-state index contributed by atoms with van der Waals surface area (Å²) in [7, 11) is 1.71.